The SMILES string of the molecule is COc1cc(C2C(C#N)=C(N)Oc3c2ccc2[nH]c(C)nc32)cc(Br)c1OC. The van der Waals surface area contributed by atoms with Crippen molar-refractivity contribution in [3.05, 3.63) is 57.1 Å². The number of allylic oxidation sites excluding steroid dienone is 1. The predicted molar refractivity (Wildman–Crippen MR) is 107 cm³/mol. The molecule has 0 aliphatic carbocycles. The molecule has 0 radical (unpaired) electrons. The Labute approximate surface area is 169 Å². The molecule has 7 nitrogen and oxygen atoms in total. The van der Waals surface area contributed by atoms with Gasteiger partial charge in [0.15, 0.2) is 17.2 Å². The molecular weight excluding hydrogens is 424 g/mol. The van der Waals surface area contributed by atoms with Crippen molar-refractivity contribution in [2.45, 2.75) is 12.8 Å². The van der Waals surface area contributed by atoms with Gasteiger partial charge >= 0.3 is 0 Å². The fourth-order valence-electron chi connectivity index (χ4n) is 3.56. The number of aryl methyl sites for hydroxylation is 1. The van der Waals surface area contributed by atoms with E-state index in [0.29, 0.717) is 32.8 Å². The molecule has 1 aromatic heterocycles. The molecule has 3 aromatic rings. The van der Waals surface area contributed by atoms with Crippen LogP contribution in [0.25, 0.3) is 11.0 Å². The zero-order valence-electron chi connectivity index (χ0n) is 15.5. The third-order valence-electron chi connectivity index (χ3n) is 4.74. The Kier molecular flexibility index (Phi) is 4.40. The minimum Gasteiger partial charge on any atom is -0.493 e. The molecule has 2 heterocycles. The molecule has 0 fully saturated rings. The second-order valence-corrected chi connectivity index (χ2v) is 7.22. The van der Waals surface area contributed by atoms with Crippen molar-refractivity contribution < 1.29 is 14.2 Å². The number of nitriles is 1. The van der Waals surface area contributed by atoms with Crippen molar-refractivity contribution in [2.24, 2.45) is 5.73 Å². The van der Waals surface area contributed by atoms with Gasteiger partial charge in [0.2, 0.25) is 5.88 Å². The number of nitrogens with two attached hydrogens (primary N) is 1. The highest BCUT2D eigenvalue weighted by Gasteiger charge is 2.33. The number of aromatic nitrogens is 2. The number of halogens is 1. The lowest BCUT2D eigenvalue weighted by Crippen LogP contribution is -2.21. The van der Waals surface area contributed by atoms with Crippen LogP contribution in [0, 0.1) is 18.3 Å². The largest absolute Gasteiger partial charge is 0.493 e. The Bertz CT molecular complexity index is 1180. The topological polar surface area (TPSA) is 106 Å². The molecule has 0 bridgehead atoms. The second-order valence-electron chi connectivity index (χ2n) is 6.37. The van der Waals surface area contributed by atoms with Gasteiger partial charge in [0.25, 0.3) is 0 Å². The first kappa shape index (κ1) is 18.2. The summed E-state index contributed by atoms with van der Waals surface area (Å²) in [5.74, 6) is 2.09. The van der Waals surface area contributed by atoms with E-state index in [2.05, 4.69) is 32.0 Å². The van der Waals surface area contributed by atoms with Crippen LogP contribution in [0.2, 0.25) is 0 Å². The normalized spacial score (nSPS) is 15.8. The van der Waals surface area contributed by atoms with Crippen LogP contribution in [0.4, 0.5) is 0 Å². The number of nitrogens with one attached hydrogen (secondary N) is 1. The second kappa shape index (κ2) is 6.77. The molecule has 1 aliphatic heterocycles. The summed E-state index contributed by atoms with van der Waals surface area (Å²) in [6.45, 7) is 1.87. The number of ether oxygens (including phenoxy) is 3. The van der Waals surface area contributed by atoms with Gasteiger partial charge in [-0.3, -0.25) is 0 Å². The van der Waals surface area contributed by atoms with Crippen LogP contribution in [0.15, 0.2) is 40.2 Å². The first-order valence-electron chi connectivity index (χ1n) is 8.46. The number of hydrogen-bond donors (Lipinski definition) is 2. The number of aromatic amines is 1. The van der Waals surface area contributed by atoms with E-state index in [1.165, 1.54) is 0 Å². The van der Waals surface area contributed by atoms with Gasteiger partial charge in [0.1, 0.15) is 23.0 Å². The molecule has 1 aliphatic rings. The first-order valence-corrected chi connectivity index (χ1v) is 9.26. The van der Waals surface area contributed by atoms with E-state index in [1.807, 2.05) is 31.2 Å². The third-order valence-corrected chi connectivity index (χ3v) is 5.33. The van der Waals surface area contributed by atoms with Crippen molar-refractivity contribution in [3.63, 3.8) is 0 Å². The van der Waals surface area contributed by atoms with E-state index in [4.69, 9.17) is 19.9 Å². The van der Waals surface area contributed by atoms with Crippen molar-refractivity contribution in [2.75, 3.05) is 14.2 Å². The summed E-state index contributed by atoms with van der Waals surface area (Å²) >= 11 is 3.52. The number of fused-ring (bicyclic) bond motifs is 3. The number of methoxy groups -OCH3 is 2. The molecule has 0 saturated heterocycles. The van der Waals surface area contributed by atoms with Crippen LogP contribution >= 0.6 is 15.9 Å². The van der Waals surface area contributed by atoms with E-state index in [0.717, 1.165) is 22.5 Å². The average Bonchev–Trinajstić information content (AvgIpc) is 3.07. The predicted octanol–water partition coefficient (Wildman–Crippen LogP) is 3.87. The Morgan fingerprint density at radius 3 is 2.75 bits per heavy atom. The molecule has 0 saturated carbocycles. The van der Waals surface area contributed by atoms with E-state index >= 15 is 0 Å². The molecule has 4 rings (SSSR count). The summed E-state index contributed by atoms with van der Waals surface area (Å²) in [6.07, 6.45) is 0. The lowest BCUT2D eigenvalue weighted by molar-refractivity contribution is 0.352. The average molecular weight is 441 g/mol. The van der Waals surface area contributed by atoms with Crippen LogP contribution in [0.3, 0.4) is 0 Å². The van der Waals surface area contributed by atoms with E-state index in [9.17, 15) is 5.26 Å². The van der Waals surface area contributed by atoms with Gasteiger partial charge in [-0.25, -0.2) is 4.98 Å². The maximum atomic E-state index is 9.78. The van der Waals surface area contributed by atoms with Gasteiger partial charge in [-0.05, 0) is 46.6 Å². The maximum Gasteiger partial charge on any atom is 0.205 e. The molecule has 3 N–H and O–H groups in total. The molecule has 28 heavy (non-hydrogen) atoms. The summed E-state index contributed by atoms with van der Waals surface area (Å²) in [5.41, 5.74) is 9.61. The molecule has 8 heteroatoms. The third kappa shape index (κ3) is 2.67. The molecule has 142 valence electrons. The number of nitrogens with zero attached hydrogens (tertiary/aromatic N) is 2. The van der Waals surface area contributed by atoms with E-state index < -0.39 is 5.92 Å². The standard InChI is InChI=1S/C20H17BrN4O3/c1-9-24-14-5-4-11-16(10-6-13(21)19(27-3)15(7-10)26-2)12(8-22)20(23)28-18(11)17(14)25-9/h4-7,16H,23H2,1-3H3,(H,24,25). The van der Waals surface area contributed by atoms with Crippen molar-refractivity contribution in [1.29, 1.82) is 5.26 Å². The highest BCUT2D eigenvalue weighted by atomic mass is 79.9. The summed E-state index contributed by atoms with van der Waals surface area (Å²) < 4.78 is 17.4. The quantitative estimate of drug-likeness (QED) is 0.639. The Morgan fingerprint density at radius 2 is 2.07 bits per heavy atom. The minimum atomic E-state index is -0.425. The Balaban J connectivity index is 2.00. The molecule has 1 unspecified atom stereocenters. The highest BCUT2D eigenvalue weighted by molar-refractivity contribution is 9.10. The van der Waals surface area contributed by atoms with Crippen molar-refractivity contribution >= 4 is 27.0 Å². The fourth-order valence-corrected chi connectivity index (χ4v) is 4.18. The lowest BCUT2D eigenvalue weighted by atomic mass is 9.83. The van der Waals surface area contributed by atoms with Gasteiger partial charge in [0.05, 0.1) is 30.1 Å². The van der Waals surface area contributed by atoms with Crippen LogP contribution in [0.5, 0.6) is 17.2 Å². The summed E-state index contributed by atoms with van der Waals surface area (Å²) in [6, 6.07) is 9.78. The number of benzene rings is 2. The Morgan fingerprint density at radius 1 is 1.29 bits per heavy atom. The van der Waals surface area contributed by atoms with Gasteiger partial charge in [-0.15, -0.1) is 0 Å². The van der Waals surface area contributed by atoms with Crippen LogP contribution in [-0.4, -0.2) is 24.2 Å². The Hall–Kier alpha value is -3.18. The van der Waals surface area contributed by atoms with E-state index in [-0.39, 0.29) is 5.88 Å². The van der Waals surface area contributed by atoms with Crippen molar-refractivity contribution in [3.8, 4) is 23.3 Å². The number of hydrogen-bond acceptors (Lipinski definition) is 6. The summed E-state index contributed by atoms with van der Waals surface area (Å²) in [7, 11) is 3.14. The van der Waals surface area contributed by atoms with Gasteiger partial charge < -0.3 is 24.9 Å². The van der Waals surface area contributed by atoms with Crippen LogP contribution in [-0.2, 0) is 0 Å². The zero-order chi connectivity index (χ0) is 20.0. The molecule has 1 atom stereocenters. The molecule has 0 spiro atoms. The van der Waals surface area contributed by atoms with Gasteiger partial charge in [0, 0.05) is 5.56 Å². The van der Waals surface area contributed by atoms with Gasteiger partial charge in [-0.2, -0.15) is 5.26 Å². The lowest BCUT2D eigenvalue weighted by Gasteiger charge is -2.27. The van der Waals surface area contributed by atoms with Gasteiger partial charge in [-0.1, -0.05) is 6.07 Å². The number of rotatable bonds is 3. The summed E-state index contributed by atoms with van der Waals surface area (Å²) in [4.78, 5) is 7.71. The molecule has 2 aromatic carbocycles. The molecule has 0 amide bonds. The smallest absolute Gasteiger partial charge is 0.205 e. The fraction of sp³-hybridized carbons (Fsp3) is 0.200. The summed E-state index contributed by atoms with van der Waals surface area (Å²) in [5, 5.41) is 9.78. The van der Waals surface area contributed by atoms with Crippen LogP contribution in [0.1, 0.15) is 22.9 Å². The first-order chi connectivity index (χ1) is 13.5. The van der Waals surface area contributed by atoms with E-state index in [1.54, 1.807) is 14.2 Å². The minimum absolute atomic E-state index is 0.0686. The number of imidazole rings is 1. The van der Waals surface area contributed by atoms with Crippen molar-refractivity contribution in [1.82, 2.24) is 9.97 Å². The van der Waals surface area contributed by atoms with Crippen LogP contribution < -0.4 is 19.9 Å². The zero-order valence-corrected chi connectivity index (χ0v) is 17.0. The molecular formula is C20H17BrN4O3. The monoisotopic (exact) mass is 440 g/mol. The maximum absolute atomic E-state index is 9.78. The number of H-pyrrole nitrogens is 1. The highest BCUT2D eigenvalue weighted by Crippen LogP contribution is 2.47.